The molecule has 0 aromatic rings. The molecule has 2 N–H and O–H groups in total. The van der Waals surface area contributed by atoms with E-state index < -0.39 is 5.97 Å². The van der Waals surface area contributed by atoms with Crippen LogP contribution < -0.4 is 0 Å². The van der Waals surface area contributed by atoms with Crippen LogP contribution in [0, 0.1) is 0 Å². The summed E-state index contributed by atoms with van der Waals surface area (Å²) in [5.74, 6) is -0.614. The number of fused-ring (bicyclic) bond motifs is 1. The van der Waals surface area contributed by atoms with Gasteiger partial charge in [-0.3, -0.25) is 14.6 Å². The number of carbonyl (C=O) groups excluding carboxylic acids is 1. The Balaban J connectivity index is 0.00000208. The number of halogens is 1. The largest absolute Gasteiger partial charge is 0.477 e. The van der Waals surface area contributed by atoms with Crippen molar-refractivity contribution in [2.24, 2.45) is 0 Å². The molecule has 1 amide bonds. The lowest BCUT2D eigenvalue weighted by atomic mass is 9.98. The fourth-order valence-electron chi connectivity index (χ4n) is 3.41. The molecule has 3 rings (SSSR count). The average molecular weight is 466 g/mol. The zero-order chi connectivity index (χ0) is 16.6. The second-order valence-corrected chi connectivity index (χ2v) is 7.40. The molecule has 24 heavy (non-hydrogen) atoms. The Morgan fingerprint density at radius 3 is 2.54 bits per heavy atom. The first-order chi connectivity index (χ1) is 11.0. The molecular weight excluding hydrogens is 443 g/mol. The maximum Gasteiger partial charge on any atom is 0.352 e. The number of carbonyl (C=O) groups is 2. The number of likely N-dealkylation sites (tertiary alicyclic amines) is 1. The number of rotatable bonds is 5. The van der Waals surface area contributed by atoms with Gasteiger partial charge in [-0.1, -0.05) is 0 Å². The maximum absolute atomic E-state index is 11.8. The fraction of sp³-hybridized carbons (Fsp3) is 0.625. The molecule has 134 valence electrons. The van der Waals surface area contributed by atoms with Crippen LogP contribution in [0.15, 0.2) is 22.4 Å². The molecule has 0 aromatic carbocycles. The number of aliphatic carboxylic acids is 1. The standard InChI is InChI=1S/C16H22N2O4S.HI/c1-10(11(8-19)7-17-4-2-3-5-17)12-9-23-14-6-13(20)18(14)15(12)16(21)22;/h14,19H,2-9H2,1H3,(H,21,22);1H. The number of allylic oxidation sites excluding steroid dienone is 1. The number of carboxylic acid groups (broad SMARTS) is 1. The molecule has 0 radical (unpaired) electrons. The van der Waals surface area contributed by atoms with Crippen molar-refractivity contribution in [3.05, 3.63) is 22.4 Å². The highest BCUT2D eigenvalue weighted by Gasteiger charge is 2.45. The highest BCUT2D eigenvalue weighted by molar-refractivity contribution is 14.0. The topological polar surface area (TPSA) is 81.1 Å². The minimum atomic E-state index is -1.06. The van der Waals surface area contributed by atoms with Crippen molar-refractivity contribution in [3.8, 4) is 0 Å². The van der Waals surface area contributed by atoms with E-state index in [1.54, 1.807) is 11.8 Å². The Morgan fingerprint density at radius 2 is 2.00 bits per heavy atom. The van der Waals surface area contributed by atoms with Gasteiger partial charge in [0.1, 0.15) is 5.70 Å². The lowest BCUT2D eigenvalue weighted by Crippen LogP contribution is -2.54. The van der Waals surface area contributed by atoms with Gasteiger partial charge in [0.15, 0.2) is 0 Å². The van der Waals surface area contributed by atoms with Gasteiger partial charge in [-0.25, -0.2) is 4.79 Å². The third-order valence-corrected chi connectivity index (χ3v) is 6.06. The summed E-state index contributed by atoms with van der Waals surface area (Å²) in [4.78, 5) is 27.2. The maximum atomic E-state index is 11.8. The molecule has 3 aliphatic heterocycles. The first kappa shape index (κ1) is 19.7. The summed E-state index contributed by atoms with van der Waals surface area (Å²) < 4.78 is 0. The summed E-state index contributed by atoms with van der Waals surface area (Å²) in [5, 5.41) is 19.3. The molecule has 6 nitrogen and oxygen atoms in total. The van der Waals surface area contributed by atoms with E-state index in [2.05, 4.69) is 4.90 Å². The number of aliphatic hydroxyl groups excluding tert-OH is 1. The highest BCUT2D eigenvalue weighted by Crippen LogP contribution is 2.42. The second-order valence-electron chi connectivity index (χ2n) is 6.24. The number of thioether (sulfide) groups is 1. The molecule has 2 saturated heterocycles. The number of amides is 1. The van der Waals surface area contributed by atoms with E-state index in [4.69, 9.17) is 0 Å². The van der Waals surface area contributed by atoms with Crippen LogP contribution in [0.25, 0.3) is 0 Å². The van der Waals surface area contributed by atoms with Crippen LogP contribution in [0.5, 0.6) is 0 Å². The Labute approximate surface area is 163 Å². The van der Waals surface area contributed by atoms with Crippen LogP contribution in [-0.4, -0.2) is 69.3 Å². The number of carboxylic acids is 1. The highest BCUT2D eigenvalue weighted by atomic mass is 127. The van der Waals surface area contributed by atoms with Crippen molar-refractivity contribution in [2.75, 3.05) is 32.0 Å². The molecule has 1 atom stereocenters. The smallest absolute Gasteiger partial charge is 0.352 e. The van der Waals surface area contributed by atoms with Crippen molar-refractivity contribution in [2.45, 2.75) is 31.6 Å². The van der Waals surface area contributed by atoms with Crippen LogP contribution >= 0.6 is 35.7 Å². The van der Waals surface area contributed by atoms with Gasteiger partial charge in [0.25, 0.3) is 0 Å². The van der Waals surface area contributed by atoms with E-state index in [9.17, 15) is 19.8 Å². The van der Waals surface area contributed by atoms with Gasteiger partial charge >= 0.3 is 5.97 Å². The molecule has 0 aliphatic carbocycles. The molecule has 3 heterocycles. The minimum absolute atomic E-state index is 0. The normalized spacial score (nSPS) is 25.0. The van der Waals surface area contributed by atoms with Crippen molar-refractivity contribution in [1.82, 2.24) is 9.80 Å². The van der Waals surface area contributed by atoms with E-state index in [1.165, 1.54) is 17.7 Å². The summed E-state index contributed by atoms with van der Waals surface area (Å²) in [7, 11) is 0. The van der Waals surface area contributed by atoms with Gasteiger partial charge in [-0.05, 0) is 49.6 Å². The van der Waals surface area contributed by atoms with Gasteiger partial charge in [-0.2, -0.15) is 0 Å². The first-order valence-corrected chi connectivity index (χ1v) is 9.00. The number of hydrogen-bond acceptors (Lipinski definition) is 5. The minimum Gasteiger partial charge on any atom is -0.477 e. The van der Waals surface area contributed by atoms with Gasteiger partial charge < -0.3 is 10.2 Å². The summed E-state index contributed by atoms with van der Waals surface area (Å²) in [6.45, 7) is 4.48. The molecule has 3 aliphatic rings. The van der Waals surface area contributed by atoms with E-state index in [-0.39, 0.29) is 47.6 Å². The van der Waals surface area contributed by atoms with Crippen molar-refractivity contribution in [3.63, 3.8) is 0 Å². The van der Waals surface area contributed by atoms with Gasteiger partial charge in [0.2, 0.25) is 5.91 Å². The summed E-state index contributed by atoms with van der Waals surface area (Å²) in [6, 6.07) is 0. The molecule has 8 heteroatoms. The number of β-lactam (4-membered cyclic amide) rings is 1. The third-order valence-electron chi connectivity index (χ3n) is 4.84. The van der Waals surface area contributed by atoms with Gasteiger partial charge in [-0.15, -0.1) is 35.7 Å². The first-order valence-electron chi connectivity index (χ1n) is 7.95. The second kappa shape index (κ2) is 8.20. The molecular formula is C16H23IN2O4S. The molecule has 0 spiro atoms. The molecule has 0 bridgehead atoms. The number of hydrogen-bond donors (Lipinski definition) is 2. The molecule has 0 saturated carbocycles. The number of nitrogens with zero attached hydrogens (tertiary/aromatic N) is 2. The lowest BCUT2D eigenvalue weighted by molar-refractivity contribution is -0.146. The van der Waals surface area contributed by atoms with Gasteiger partial charge in [0, 0.05) is 12.3 Å². The van der Waals surface area contributed by atoms with E-state index in [1.807, 2.05) is 6.92 Å². The predicted molar refractivity (Wildman–Crippen MR) is 103 cm³/mol. The Kier molecular flexibility index (Phi) is 6.74. The molecule has 0 aromatic heterocycles. The Hall–Kier alpha value is -0.580. The average Bonchev–Trinajstić information content (AvgIpc) is 3.03. The van der Waals surface area contributed by atoms with Crippen LogP contribution in [0.2, 0.25) is 0 Å². The summed E-state index contributed by atoms with van der Waals surface area (Å²) >= 11 is 1.60. The lowest BCUT2D eigenvalue weighted by Gasteiger charge is -2.44. The van der Waals surface area contributed by atoms with E-state index in [0.29, 0.717) is 24.3 Å². The third kappa shape index (κ3) is 3.66. The van der Waals surface area contributed by atoms with E-state index >= 15 is 0 Å². The Bertz CT molecular complexity index is 599. The van der Waals surface area contributed by atoms with Crippen molar-refractivity contribution < 1.29 is 19.8 Å². The van der Waals surface area contributed by atoms with Crippen LogP contribution in [-0.2, 0) is 9.59 Å². The summed E-state index contributed by atoms with van der Waals surface area (Å²) in [6.07, 6.45) is 2.75. The molecule has 1 unspecified atom stereocenters. The predicted octanol–water partition coefficient (Wildman–Crippen LogP) is 1.65. The van der Waals surface area contributed by atoms with E-state index in [0.717, 1.165) is 24.2 Å². The Morgan fingerprint density at radius 1 is 1.33 bits per heavy atom. The quantitative estimate of drug-likeness (QED) is 0.474. The van der Waals surface area contributed by atoms with Crippen LogP contribution in [0.1, 0.15) is 26.2 Å². The van der Waals surface area contributed by atoms with Crippen molar-refractivity contribution in [1.29, 1.82) is 0 Å². The van der Waals surface area contributed by atoms with Gasteiger partial charge in [0.05, 0.1) is 18.4 Å². The monoisotopic (exact) mass is 466 g/mol. The SMILES string of the molecule is CC(=C(CO)CN1CCCC1)C1=C(C(=O)O)N2C(=O)CC2SC1.I. The van der Waals surface area contributed by atoms with Crippen molar-refractivity contribution >= 4 is 47.6 Å². The van der Waals surface area contributed by atoms with Crippen LogP contribution in [0.4, 0.5) is 0 Å². The zero-order valence-electron chi connectivity index (χ0n) is 13.7. The zero-order valence-corrected chi connectivity index (χ0v) is 16.8. The fourth-order valence-corrected chi connectivity index (χ4v) is 4.76. The number of aliphatic hydroxyl groups is 1. The molecule has 2 fully saturated rings. The van der Waals surface area contributed by atoms with Crippen LogP contribution in [0.3, 0.4) is 0 Å². The summed E-state index contributed by atoms with van der Waals surface area (Å²) in [5.41, 5.74) is 2.46.